The Morgan fingerprint density at radius 2 is 1.60 bits per heavy atom. The van der Waals surface area contributed by atoms with E-state index in [0.717, 1.165) is 11.1 Å². The van der Waals surface area contributed by atoms with Crippen LogP contribution in [0.1, 0.15) is 56.4 Å². The molecule has 160 valence electrons. The fourth-order valence-electron chi connectivity index (χ4n) is 4.27. The van der Waals surface area contributed by atoms with Crippen LogP contribution in [0, 0.1) is 0 Å². The first-order chi connectivity index (χ1) is 14.3. The van der Waals surface area contributed by atoms with Crippen molar-refractivity contribution in [3.05, 3.63) is 69.7 Å². The number of ether oxygens (including phenoxy) is 1. The lowest BCUT2D eigenvalue weighted by Crippen LogP contribution is -2.61. The van der Waals surface area contributed by atoms with Gasteiger partial charge in [0.15, 0.2) is 0 Å². The second-order valence-electron chi connectivity index (χ2n) is 7.48. The monoisotopic (exact) mass is 449 g/mol. The molecule has 1 saturated heterocycles. The van der Waals surface area contributed by atoms with E-state index in [4.69, 9.17) is 27.9 Å². The first-order valence-electron chi connectivity index (χ1n) is 10.0. The Balaban J connectivity index is 2.20. The lowest BCUT2D eigenvalue weighted by Gasteiger charge is -2.50. The molecule has 2 aromatic carbocycles. The predicted molar refractivity (Wildman–Crippen MR) is 117 cm³/mol. The number of benzene rings is 2. The summed E-state index contributed by atoms with van der Waals surface area (Å²) in [4.78, 5) is 27.2. The molecule has 1 amide bonds. The molecular formula is C23H25Cl2NO4. The van der Waals surface area contributed by atoms with Gasteiger partial charge in [-0.3, -0.25) is 4.79 Å². The van der Waals surface area contributed by atoms with Gasteiger partial charge in [0, 0.05) is 10.0 Å². The van der Waals surface area contributed by atoms with E-state index in [1.165, 1.54) is 4.90 Å². The fourth-order valence-corrected chi connectivity index (χ4v) is 4.53. The molecule has 2 aromatic rings. The molecule has 0 aromatic heterocycles. The average molecular weight is 450 g/mol. The number of halogens is 2. The van der Waals surface area contributed by atoms with Gasteiger partial charge in [0.2, 0.25) is 5.91 Å². The van der Waals surface area contributed by atoms with Crippen molar-refractivity contribution in [1.29, 1.82) is 0 Å². The molecule has 0 saturated carbocycles. The van der Waals surface area contributed by atoms with Crippen molar-refractivity contribution in [2.45, 2.75) is 50.8 Å². The van der Waals surface area contributed by atoms with Crippen LogP contribution in [0.5, 0.6) is 0 Å². The number of carbonyl (C=O) groups excluding carboxylic acids is 1. The van der Waals surface area contributed by atoms with Gasteiger partial charge in [-0.25, -0.2) is 4.79 Å². The van der Waals surface area contributed by atoms with E-state index in [1.807, 2.05) is 38.1 Å². The Hall–Kier alpha value is -2.08. The van der Waals surface area contributed by atoms with Crippen molar-refractivity contribution in [3.8, 4) is 0 Å². The molecule has 0 aliphatic carbocycles. The Morgan fingerprint density at radius 1 is 1.07 bits per heavy atom. The van der Waals surface area contributed by atoms with E-state index in [1.54, 1.807) is 24.3 Å². The van der Waals surface area contributed by atoms with E-state index >= 15 is 0 Å². The summed E-state index contributed by atoms with van der Waals surface area (Å²) in [6.45, 7) is 3.55. The molecule has 1 N–H and O–H groups in total. The number of carboxylic acid groups (broad SMARTS) is 1. The number of amides is 1. The minimum absolute atomic E-state index is 0.184. The summed E-state index contributed by atoms with van der Waals surface area (Å²) in [5, 5.41) is 11.4. The third-order valence-electron chi connectivity index (χ3n) is 5.74. The third kappa shape index (κ3) is 4.20. The van der Waals surface area contributed by atoms with E-state index in [-0.39, 0.29) is 12.5 Å². The highest BCUT2D eigenvalue weighted by Crippen LogP contribution is 2.46. The summed E-state index contributed by atoms with van der Waals surface area (Å²) in [7, 11) is 0. The molecule has 1 heterocycles. The van der Waals surface area contributed by atoms with Crippen LogP contribution >= 0.6 is 23.2 Å². The van der Waals surface area contributed by atoms with E-state index < -0.39 is 23.7 Å². The van der Waals surface area contributed by atoms with Crippen LogP contribution in [0.2, 0.25) is 10.0 Å². The summed E-state index contributed by atoms with van der Waals surface area (Å²) in [6, 6.07) is 13.7. The van der Waals surface area contributed by atoms with Gasteiger partial charge in [0.05, 0.1) is 6.04 Å². The van der Waals surface area contributed by atoms with E-state index in [9.17, 15) is 14.7 Å². The van der Waals surface area contributed by atoms with Crippen molar-refractivity contribution in [1.82, 2.24) is 4.90 Å². The van der Waals surface area contributed by atoms with Gasteiger partial charge in [0.1, 0.15) is 18.2 Å². The van der Waals surface area contributed by atoms with Gasteiger partial charge in [0.25, 0.3) is 0 Å². The number of carbonyl (C=O) groups is 2. The van der Waals surface area contributed by atoms with Gasteiger partial charge >= 0.3 is 5.97 Å². The maximum atomic E-state index is 13.2. The number of hydrogen-bond donors (Lipinski definition) is 1. The van der Waals surface area contributed by atoms with Crippen LogP contribution < -0.4 is 0 Å². The van der Waals surface area contributed by atoms with Crippen LogP contribution in [0.15, 0.2) is 48.5 Å². The zero-order chi connectivity index (χ0) is 21.9. The van der Waals surface area contributed by atoms with Crippen LogP contribution in [0.3, 0.4) is 0 Å². The van der Waals surface area contributed by atoms with Crippen LogP contribution in [-0.2, 0) is 14.3 Å². The molecule has 0 radical (unpaired) electrons. The zero-order valence-electron chi connectivity index (χ0n) is 17.0. The van der Waals surface area contributed by atoms with Crippen LogP contribution in [0.4, 0.5) is 0 Å². The topological polar surface area (TPSA) is 66.8 Å². The molecule has 0 spiro atoms. The van der Waals surface area contributed by atoms with E-state index in [2.05, 4.69) is 0 Å². The summed E-state index contributed by atoms with van der Waals surface area (Å²) >= 11 is 12.1. The van der Waals surface area contributed by atoms with E-state index in [0.29, 0.717) is 29.3 Å². The second kappa shape index (κ2) is 9.38. The minimum Gasteiger partial charge on any atom is -0.479 e. The van der Waals surface area contributed by atoms with Crippen molar-refractivity contribution >= 4 is 35.1 Å². The van der Waals surface area contributed by atoms with Crippen molar-refractivity contribution in [2.75, 3.05) is 6.61 Å². The largest absolute Gasteiger partial charge is 0.479 e. The molecule has 1 aliphatic rings. The molecule has 1 fully saturated rings. The van der Waals surface area contributed by atoms with Gasteiger partial charge in [-0.2, -0.15) is 0 Å². The average Bonchev–Trinajstić information content (AvgIpc) is 2.73. The van der Waals surface area contributed by atoms with Crippen molar-refractivity contribution in [2.24, 2.45) is 0 Å². The molecule has 7 heteroatoms. The summed E-state index contributed by atoms with van der Waals surface area (Å²) in [6.07, 6.45) is 0.730. The summed E-state index contributed by atoms with van der Waals surface area (Å²) in [5.74, 6) is -1.34. The quantitative estimate of drug-likeness (QED) is 0.591. The predicted octanol–water partition coefficient (Wildman–Crippen LogP) is 5.67. The van der Waals surface area contributed by atoms with Gasteiger partial charge in [-0.1, -0.05) is 67.7 Å². The van der Waals surface area contributed by atoms with Gasteiger partial charge in [-0.05, 0) is 48.2 Å². The van der Waals surface area contributed by atoms with Crippen molar-refractivity contribution < 1.29 is 19.4 Å². The smallest absolute Gasteiger partial charge is 0.329 e. The third-order valence-corrected chi connectivity index (χ3v) is 6.24. The molecule has 1 unspecified atom stereocenters. The Kier molecular flexibility index (Phi) is 7.06. The molecule has 1 aliphatic heterocycles. The molecular weight excluding hydrogens is 425 g/mol. The fraction of sp³-hybridized carbons (Fsp3) is 0.391. The maximum absolute atomic E-state index is 13.2. The van der Waals surface area contributed by atoms with Gasteiger partial charge < -0.3 is 14.7 Å². The zero-order valence-corrected chi connectivity index (χ0v) is 18.5. The number of hydrogen-bond acceptors (Lipinski definition) is 3. The minimum atomic E-state index is -1.33. The molecule has 30 heavy (non-hydrogen) atoms. The highest BCUT2D eigenvalue weighted by molar-refractivity contribution is 6.30. The summed E-state index contributed by atoms with van der Waals surface area (Å²) < 4.78 is 5.98. The van der Waals surface area contributed by atoms with Crippen molar-refractivity contribution in [3.63, 3.8) is 0 Å². The Morgan fingerprint density at radius 3 is 2.07 bits per heavy atom. The molecule has 3 atom stereocenters. The second-order valence-corrected chi connectivity index (χ2v) is 8.36. The lowest BCUT2D eigenvalue weighted by atomic mass is 9.82. The van der Waals surface area contributed by atoms with Crippen LogP contribution in [-0.4, -0.2) is 34.0 Å². The highest BCUT2D eigenvalue weighted by Gasteiger charge is 2.52. The Bertz CT molecular complexity index is 900. The molecule has 5 nitrogen and oxygen atoms in total. The maximum Gasteiger partial charge on any atom is 0.329 e. The first kappa shape index (κ1) is 22.6. The normalized spacial score (nSPS) is 21.3. The number of rotatable bonds is 7. The number of nitrogens with zero attached hydrogens (tertiary/aromatic N) is 1. The summed E-state index contributed by atoms with van der Waals surface area (Å²) in [5.41, 5.74) is 0.260. The molecule has 3 rings (SSSR count). The standard InChI is InChI=1S/C23H25Cl2NO4/c1-3-13-23(4-2,22(28)29)26-19(27)14-30-21(16-7-11-18(25)12-8-16)20(26)15-5-9-17(24)10-6-15/h5-12,20-21H,3-4,13-14H2,1-2H3,(H,28,29)/t20-,21+,23?/m1/s1. The molecule has 0 bridgehead atoms. The van der Waals surface area contributed by atoms with Gasteiger partial charge in [-0.15, -0.1) is 0 Å². The van der Waals surface area contributed by atoms with Crippen LogP contribution in [0.25, 0.3) is 0 Å². The SMILES string of the molecule is CCCC(CC)(C(=O)O)N1C(=O)CO[C@@H](c2ccc(Cl)cc2)[C@H]1c1ccc(Cl)cc1. The number of carboxylic acids is 1. The number of morpholine rings is 1. The first-order valence-corrected chi connectivity index (χ1v) is 10.8. The highest BCUT2D eigenvalue weighted by atomic mass is 35.5. The number of aliphatic carboxylic acids is 1. The Labute approximate surface area is 186 Å². The lowest BCUT2D eigenvalue weighted by molar-refractivity contribution is -0.183.